The number of benzene rings is 1. The van der Waals surface area contributed by atoms with Gasteiger partial charge in [-0.25, -0.2) is 0 Å². The van der Waals surface area contributed by atoms with Gasteiger partial charge in [-0.15, -0.1) is 0 Å². The molecule has 0 spiro atoms. The van der Waals surface area contributed by atoms with Crippen LogP contribution in [-0.4, -0.2) is 52.7 Å². The van der Waals surface area contributed by atoms with E-state index in [1.165, 1.54) is 31.5 Å². The molecule has 1 saturated heterocycles. The minimum Gasteiger partial charge on any atom is -0.359 e. The summed E-state index contributed by atoms with van der Waals surface area (Å²) in [7, 11) is 0. The standard InChI is InChI=1S/C23H28N4O/c1-2-6-20(7-3-1)8-4-13-26-14-5-15-27(17-16-26)19-22-18-23(25-28-22)21-9-11-24-12-10-21/h1-3,6-7,9-12,18H,4-5,8,13-17,19H2. The van der Waals surface area contributed by atoms with E-state index in [2.05, 4.69) is 56.3 Å². The molecular formula is C23H28N4O. The first-order valence-corrected chi connectivity index (χ1v) is 10.2. The second-order valence-electron chi connectivity index (χ2n) is 7.47. The summed E-state index contributed by atoms with van der Waals surface area (Å²) in [5, 5.41) is 4.22. The molecule has 0 amide bonds. The third-order valence-corrected chi connectivity index (χ3v) is 5.38. The largest absolute Gasteiger partial charge is 0.359 e. The van der Waals surface area contributed by atoms with Gasteiger partial charge < -0.3 is 9.42 Å². The van der Waals surface area contributed by atoms with Crippen LogP contribution in [0.4, 0.5) is 0 Å². The highest BCUT2D eigenvalue weighted by Crippen LogP contribution is 2.19. The van der Waals surface area contributed by atoms with Crippen LogP contribution in [0.2, 0.25) is 0 Å². The zero-order chi connectivity index (χ0) is 19.0. The fourth-order valence-corrected chi connectivity index (χ4v) is 3.82. The van der Waals surface area contributed by atoms with Crippen molar-refractivity contribution in [3.05, 3.63) is 72.2 Å². The van der Waals surface area contributed by atoms with Crippen LogP contribution < -0.4 is 0 Å². The van der Waals surface area contributed by atoms with Crippen LogP contribution in [0, 0.1) is 0 Å². The molecule has 0 radical (unpaired) electrons. The monoisotopic (exact) mass is 376 g/mol. The van der Waals surface area contributed by atoms with E-state index in [0.717, 1.165) is 49.6 Å². The van der Waals surface area contributed by atoms with Crippen LogP contribution in [0.3, 0.4) is 0 Å². The molecule has 1 aromatic carbocycles. The maximum absolute atomic E-state index is 5.58. The Hall–Kier alpha value is -2.50. The molecule has 5 heteroatoms. The maximum atomic E-state index is 5.58. The normalized spacial score (nSPS) is 16.1. The molecule has 0 N–H and O–H groups in total. The molecule has 0 atom stereocenters. The quantitative estimate of drug-likeness (QED) is 0.626. The van der Waals surface area contributed by atoms with Crippen LogP contribution in [0.15, 0.2) is 65.4 Å². The summed E-state index contributed by atoms with van der Waals surface area (Å²) in [6, 6.07) is 16.8. The SMILES string of the molecule is c1ccc(CCCN2CCCN(Cc3cc(-c4ccncc4)no3)CC2)cc1. The van der Waals surface area contributed by atoms with Crippen LogP contribution in [0.25, 0.3) is 11.3 Å². The Labute approximate surface area is 167 Å². The molecule has 4 rings (SSSR count). The third-order valence-electron chi connectivity index (χ3n) is 5.38. The summed E-state index contributed by atoms with van der Waals surface area (Å²) in [5.74, 6) is 0.935. The van der Waals surface area contributed by atoms with E-state index >= 15 is 0 Å². The predicted octanol–water partition coefficient (Wildman–Crippen LogP) is 3.88. The number of aromatic nitrogens is 2. The highest BCUT2D eigenvalue weighted by atomic mass is 16.5. The molecule has 0 aliphatic carbocycles. The van der Waals surface area contributed by atoms with Crippen molar-refractivity contribution < 1.29 is 4.52 Å². The summed E-state index contributed by atoms with van der Waals surface area (Å²) >= 11 is 0. The summed E-state index contributed by atoms with van der Waals surface area (Å²) in [5.41, 5.74) is 3.37. The number of nitrogens with zero attached hydrogens (tertiary/aromatic N) is 4. The fraction of sp³-hybridized carbons (Fsp3) is 0.391. The molecule has 28 heavy (non-hydrogen) atoms. The fourth-order valence-electron chi connectivity index (χ4n) is 3.82. The first kappa shape index (κ1) is 18.8. The van der Waals surface area contributed by atoms with Crippen LogP contribution in [0.1, 0.15) is 24.2 Å². The van der Waals surface area contributed by atoms with Gasteiger partial charge in [-0.2, -0.15) is 0 Å². The average Bonchev–Trinajstić information content (AvgIpc) is 3.10. The summed E-state index contributed by atoms with van der Waals surface area (Å²) < 4.78 is 5.58. The Morgan fingerprint density at radius 2 is 1.68 bits per heavy atom. The number of hydrogen-bond acceptors (Lipinski definition) is 5. The topological polar surface area (TPSA) is 45.4 Å². The predicted molar refractivity (Wildman–Crippen MR) is 111 cm³/mol. The molecule has 0 saturated carbocycles. The molecule has 2 aromatic heterocycles. The van der Waals surface area contributed by atoms with E-state index in [1.54, 1.807) is 12.4 Å². The number of aryl methyl sites for hydroxylation is 1. The molecule has 1 fully saturated rings. The highest BCUT2D eigenvalue weighted by Gasteiger charge is 2.17. The first-order chi connectivity index (χ1) is 13.9. The van der Waals surface area contributed by atoms with E-state index in [1.807, 2.05) is 12.1 Å². The van der Waals surface area contributed by atoms with Crippen molar-refractivity contribution in [3.8, 4) is 11.3 Å². The molecule has 0 bridgehead atoms. The van der Waals surface area contributed by atoms with Gasteiger partial charge in [-0.1, -0.05) is 35.5 Å². The van der Waals surface area contributed by atoms with Crippen molar-refractivity contribution in [3.63, 3.8) is 0 Å². The van der Waals surface area contributed by atoms with Crippen molar-refractivity contribution in [2.75, 3.05) is 32.7 Å². The Morgan fingerprint density at radius 3 is 2.54 bits per heavy atom. The second-order valence-corrected chi connectivity index (χ2v) is 7.47. The smallest absolute Gasteiger partial charge is 0.151 e. The van der Waals surface area contributed by atoms with Gasteiger partial charge in [0, 0.05) is 37.1 Å². The van der Waals surface area contributed by atoms with Crippen molar-refractivity contribution in [1.82, 2.24) is 19.9 Å². The molecular weight excluding hydrogens is 348 g/mol. The van der Waals surface area contributed by atoms with Gasteiger partial charge in [-0.05, 0) is 56.6 Å². The van der Waals surface area contributed by atoms with Gasteiger partial charge >= 0.3 is 0 Å². The Kier molecular flexibility index (Phi) is 6.48. The van der Waals surface area contributed by atoms with Gasteiger partial charge in [0.15, 0.2) is 5.76 Å². The van der Waals surface area contributed by atoms with Crippen LogP contribution in [-0.2, 0) is 13.0 Å². The molecule has 0 unspecified atom stereocenters. The number of hydrogen-bond donors (Lipinski definition) is 0. The zero-order valence-corrected chi connectivity index (χ0v) is 16.3. The summed E-state index contributed by atoms with van der Waals surface area (Å²) in [6.07, 6.45) is 7.16. The van der Waals surface area contributed by atoms with E-state index in [9.17, 15) is 0 Å². The first-order valence-electron chi connectivity index (χ1n) is 10.2. The minimum absolute atomic E-state index is 0.829. The lowest BCUT2D eigenvalue weighted by Crippen LogP contribution is -2.31. The van der Waals surface area contributed by atoms with E-state index in [0.29, 0.717) is 0 Å². The van der Waals surface area contributed by atoms with Gasteiger partial charge in [0.1, 0.15) is 5.69 Å². The van der Waals surface area contributed by atoms with Crippen molar-refractivity contribution in [2.45, 2.75) is 25.8 Å². The van der Waals surface area contributed by atoms with Crippen molar-refractivity contribution >= 4 is 0 Å². The Morgan fingerprint density at radius 1 is 0.893 bits per heavy atom. The third kappa shape index (κ3) is 5.27. The van der Waals surface area contributed by atoms with Gasteiger partial charge in [-0.3, -0.25) is 9.88 Å². The van der Waals surface area contributed by atoms with E-state index in [-0.39, 0.29) is 0 Å². The maximum Gasteiger partial charge on any atom is 0.151 e. The van der Waals surface area contributed by atoms with Gasteiger partial charge in [0.25, 0.3) is 0 Å². The lowest BCUT2D eigenvalue weighted by molar-refractivity contribution is 0.227. The molecule has 146 valence electrons. The number of rotatable bonds is 7. The van der Waals surface area contributed by atoms with Crippen LogP contribution >= 0.6 is 0 Å². The number of pyridine rings is 1. The van der Waals surface area contributed by atoms with Crippen LogP contribution in [0.5, 0.6) is 0 Å². The lowest BCUT2D eigenvalue weighted by Gasteiger charge is -2.21. The lowest BCUT2D eigenvalue weighted by atomic mass is 10.1. The molecule has 5 nitrogen and oxygen atoms in total. The molecule has 3 heterocycles. The van der Waals surface area contributed by atoms with Crippen molar-refractivity contribution in [2.24, 2.45) is 0 Å². The summed E-state index contributed by atoms with van der Waals surface area (Å²) in [4.78, 5) is 9.14. The average molecular weight is 377 g/mol. The highest BCUT2D eigenvalue weighted by molar-refractivity contribution is 5.57. The second kappa shape index (κ2) is 9.62. The summed E-state index contributed by atoms with van der Waals surface area (Å²) in [6.45, 7) is 6.51. The molecule has 3 aromatic rings. The van der Waals surface area contributed by atoms with E-state index < -0.39 is 0 Å². The van der Waals surface area contributed by atoms with Gasteiger partial charge in [0.05, 0.1) is 6.54 Å². The zero-order valence-electron chi connectivity index (χ0n) is 16.3. The molecule has 1 aliphatic rings. The minimum atomic E-state index is 0.829. The van der Waals surface area contributed by atoms with E-state index in [4.69, 9.17) is 4.52 Å². The van der Waals surface area contributed by atoms with Gasteiger partial charge in [0.2, 0.25) is 0 Å². The Balaban J connectivity index is 1.23. The van der Waals surface area contributed by atoms with Crippen molar-refractivity contribution in [1.29, 1.82) is 0 Å². The Bertz CT molecular complexity index is 834. The molecule has 1 aliphatic heterocycles.